The van der Waals surface area contributed by atoms with E-state index in [0.29, 0.717) is 23.5 Å². The first-order valence-corrected chi connectivity index (χ1v) is 14.7. The summed E-state index contributed by atoms with van der Waals surface area (Å²) in [6.45, 7) is 2.49. The predicted molar refractivity (Wildman–Crippen MR) is 175 cm³/mol. The van der Waals surface area contributed by atoms with Gasteiger partial charge in [-0.15, -0.1) is 11.8 Å². The van der Waals surface area contributed by atoms with Crippen molar-refractivity contribution in [2.24, 2.45) is 0 Å². The summed E-state index contributed by atoms with van der Waals surface area (Å²) in [5.41, 5.74) is 3.52. The van der Waals surface area contributed by atoms with Crippen LogP contribution in [0.15, 0.2) is 114 Å². The van der Waals surface area contributed by atoms with Crippen molar-refractivity contribution >= 4 is 52.6 Å². The number of amides is 3. The number of anilines is 3. The minimum Gasteiger partial charge on any atom is -0.494 e. The third kappa shape index (κ3) is 9.51. The molecule has 3 amide bonds. The minimum atomic E-state index is -0.476. The third-order valence-corrected chi connectivity index (χ3v) is 7.15. The van der Waals surface area contributed by atoms with E-state index in [4.69, 9.17) is 4.74 Å². The summed E-state index contributed by atoms with van der Waals surface area (Å²) < 4.78 is 5.43. The molecule has 43 heavy (non-hydrogen) atoms. The van der Waals surface area contributed by atoms with Gasteiger partial charge in [-0.2, -0.15) is 0 Å². The second-order valence-electron chi connectivity index (χ2n) is 9.64. The zero-order valence-corrected chi connectivity index (χ0v) is 25.1. The van der Waals surface area contributed by atoms with Gasteiger partial charge in [0.05, 0.1) is 12.4 Å². The van der Waals surface area contributed by atoms with Crippen molar-refractivity contribution in [1.29, 1.82) is 0 Å². The summed E-state index contributed by atoms with van der Waals surface area (Å²) >= 11 is 1.35. The Morgan fingerprint density at radius 1 is 0.814 bits per heavy atom. The molecule has 0 atom stereocenters. The quantitative estimate of drug-likeness (QED) is 0.132. The molecule has 0 aliphatic carbocycles. The first-order chi connectivity index (χ1) is 20.8. The number of carbonyl (C=O) groups is 3. The molecular weight excluding hydrogens is 560 g/mol. The van der Waals surface area contributed by atoms with E-state index in [1.807, 2.05) is 74.4 Å². The third-order valence-electron chi connectivity index (χ3n) is 6.16. The number of nitrogens with one attached hydrogen (secondary N) is 3. The SMILES string of the molecule is CCOc1ccc(NC(=O)CSc2cccc(NC(=O)/C(=C\c3ccc(N(C)C)cc3)NC(=O)c3ccccc3)c2)cc1. The largest absolute Gasteiger partial charge is 0.494 e. The lowest BCUT2D eigenvalue weighted by Gasteiger charge is -2.14. The molecule has 0 radical (unpaired) electrons. The molecule has 4 rings (SSSR count). The number of hydrogen-bond acceptors (Lipinski definition) is 6. The molecule has 0 aliphatic rings. The van der Waals surface area contributed by atoms with Gasteiger partial charge in [-0.1, -0.05) is 36.4 Å². The van der Waals surface area contributed by atoms with Crippen molar-refractivity contribution < 1.29 is 19.1 Å². The lowest BCUT2D eigenvalue weighted by molar-refractivity contribution is -0.114. The van der Waals surface area contributed by atoms with Crippen LogP contribution in [0.25, 0.3) is 6.08 Å². The van der Waals surface area contributed by atoms with Gasteiger partial charge < -0.3 is 25.6 Å². The Bertz CT molecular complexity index is 1570. The minimum absolute atomic E-state index is 0.0965. The Balaban J connectivity index is 1.43. The summed E-state index contributed by atoms with van der Waals surface area (Å²) in [4.78, 5) is 41.7. The maximum Gasteiger partial charge on any atom is 0.272 e. The van der Waals surface area contributed by atoms with Gasteiger partial charge in [-0.3, -0.25) is 14.4 Å². The number of hydrogen-bond donors (Lipinski definition) is 3. The molecule has 9 heteroatoms. The summed E-state index contributed by atoms with van der Waals surface area (Å²) in [5, 5.41) is 8.51. The first kappa shape index (κ1) is 30.9. The van der Waals surface area contributed by atoms with Crippen LogP contribution in [0.5, 0.6) is 5.75 Å². The van der Waals surface area contributed by atoms with Gasteiger partial charge in [0, 0.05) is 41.6 Å². The van der Waals surface area contributed by atoms with E-state index in [9.17, 15) is 14.4 Å². The molecule has 0 fully saturated rings. The van der Waals surface area contributed by atoms with Crippen LogP contribution >= 0.6 is 11.8 Å². The fourth-order valence-corrected chi connectivity index (χ4v) is 4.74. The molecule has 0 aromatic heterocycles. The first-order valence-electron chi connectivity index (χ1n) is 13.7. The van der Waals surface area contributed by atoms with Gasteiger partial charge in [0.1, 0.15) is 11.4 Å². The van der Waals surface area contributed by atoms with Gasteiger partial charge in [0.25, 0.3) is 11.8 Å². The summed E-state index contributed by atoms with van der Waals surface area (Å²) in [6.07, 6.45) is 1.64. The lowest BCUT2D eigenvalue weighted by Crippen LogP contribution is -2.30. The molecule has 0 bridgehead atoms. The number of nitrogens with zero attached hydrogens (tertiary/aromatic N) is 1. The lowest BCUT2D eigenvalue weighted by atomic mass is 10.1. The van der Waals surface area contributed by atoms with Crippen molar-refractivity contribution in [2.45, 2.75) is 11.8 Å². The van der Waals surface area contributed by atoms with Crippen LogP contribution in [0.2, 0.25) is 0 Å². The molecule has 8 nitrogen and oxygen atoms in total. The Morgan fingerprint density at radius 2 is 1.53 bits per heavy atom. The zero-order chi connectivity index (χ0) is 30.6. The standard InChI is InChI=1S/C34H34N4O4S/c1-4-42-29-19-15-26(16-20-29)35-32(39)23-43-30-12-8-11-27(22-30)36-34(41)31(37-33(40)25-9-6-5-7-10-25)21-24-13-17-28(18-14-24)38(2)3/h5-22H,4,23H2,1-3H3,(H,35,39)(H,36,41)(H,37,40)/b31-21+. The van der Waals surface area contributed by atoms with Crippen LogP contribution in [0, 0.1) is 0 Å². The molecular formula is C34H34N4O4S. The Hall–Kier alpha value is -5.02. The zero-order valence-electron chi connectivity index (χ0n) is 24.3. The van der Waals surface area contributed by atoms with Crippen molar-refractivity contribution in [3.63, 3.8) is 0 Å². The molecule has 0 spiro atoms. The maximum atomic E-state index is 13.4. The van der Waals surface area contributed by atoms with E-state index >= 15 is 0 Å². The molecule has 0 saturated heterocycles. The molecule has 220 valence electrons. The monoisotopic (exact) mass is 594 g/mol. The summed E-state index contributed by atoms with van der Waals surface area (Å²) in [7, 11) is 3.90. The number of rotatable bonds is 12. The number of thioether (sulfide) groups is 1. The second kappa shape index (κ2) is 15.3. The van der Waals surface area contributed by atoms with Crippen molar-refractivity contribution in [1.82, 2.24) is 5.32 Å². The second-order valence-corrected chi connectivity index (χ2v) is 10.7. The van der Waals surface area contributed by atoms with Crippen LogP contribution in [0.4, 0.5) is 17.1 Å². The van der Waals surface area contributed by atoms with Crippen LogP contribution in [0.3, 0.4) is 0 Å². The Kier molecular flexibility index (Phi) is 11.0. The van der Waals surface area contributed by atoms with Crippen molar-refractivity contribution in [3.8, 4) is 5.75 Å². The van der Waals surface area contributed by atoms with E-state index in [0.717, 1.165) is 21.9 Å². The van der Waals surface area contributed by atoms with Gasteiger partial charge in [0.15, 0.2) is 0 Å². The maximum absolute atomic E-state index is 13.4. The van der Waals surface area contributed by atoms with Crippen LogP contribution in [0.1, 0.15) is 22.8 Å². The van der Waals surface area contributed by atoms with Gasteiger partial charge >= 0.3 is 0 Å². The van der Waals surface area contributed by atoms with E-state index < -0.39 is 11.8 Å². The van der Waals surface area contributed by atoms with Crippen LogP contribution < -0.4 is 25.6 Å². The summed E-state index contributed by atoms with van der Waals surface area (Å²) in [5.74, 6) is -0.0938. The average molecular weight is 595 g/mol. The van der Waals surface area contributed by atoms with E-state index in [1.165, 1.54) is 11.8 Å². The van der Waals surface area contributed by atoms with E-state index in [1.54, 1.807) is 60.7 Å². The van der Waals surface area contributed by atoms with Gasteiger partial charge in [-0.25, -0.2) is 0 Å². The highest BCUT2D eigenvalue weighted by Crippen LogP contribution is 2.23. The summed E-state index contributed by atoms with van der Waals surface area (Å²) in [6, 6.07) is 30.8. The fourth-order valence-electron chi connectivity index (χ4n) is 3.99. The molecule has 0 saturated carbocycles. The Labute approximate surface area is 256 Å². The molecule has 0 heterocycles. The average Bonchev–Trinajstić information content (AvgIpc) is 3.01. The smallest absolute Gasteiger partial charge is 0.272 e. The van der Waals surface area contributed by atoms with Gasteiger partial charge in [-0.05, 0) is 85.3 Å². The molecule has 3 N–H and O–H groups in total. The molecule has 0 aliphatic heterocycles. The van der Waals surface area contributed by atoms with Crippen molar-refractivity contribution in [3.05, 3.63) is 120 Å². The predicted octanol–water partition coefficient (Wildman–Crippen LogP) is 6.29. The fraction of sp³-hybridized carbons (Fsp3) is 0.147. The van der Waals surface area contributed by atoms with E-state index in [2.05, 4.69) is 16.0 Å². The number of ether oxygens (including phenoxy) is 1. The number of benzene rings is 4. The molecule has 4 aromatic carbocycles. The normalized spacial score (nSPS) is 10.9. The Morgan fingerprint density at radius 3 is 2.21 bits per heavy atom. The molecule has 4 aromatic rings. The highest BCUT2D eigenvalue weighted by molar-refractivity contribution is 8.00. The van der Waals surface area contributed by atoms with Crippen LogP contribution in [-0.4, -0.2) is 44.2 Å². The highest BCUT2D eigenvalue weighted by atomic mass is 32.2. The topological polar surface area (TPSA) is 99.8 Å². The van der Waals surface area contributed by atoms with Crippen LogP contribution in [-0.2, 0) is 9.59 Å². The van der Waals surface area contributed by atoms with E-state index in [-0.39, 0.29) is 17.4 Å². The number of carbonyl (C=O) groups excluding carboxylic acids is 3. The van der Waals surface area contributed by atoms with Crippen molar-refractivity contribution in [2.75, 3.05) is 42.0 Å². The van der Waals surface area contributed by atoms with Gasteiger partial charge in [0.2, 0.25) is 5.91 Å². The highest BCUT2D eigenvalue weighted by Gasteiger charge is 2.16. The molecule has 0 unspecified atom stereocenters.